The minimum Gasteiger partial charge on any atom is -0.392 e. The Bertz CT molecular complexity index is 377. The van der Waals surface area contributed by atoms with Crippen LogP contribution in [0.2, 0.25) is 0 Å². The summed E-state index contributed by atoms with van der Waals surface area (Å²) >= 11 is 0. The van der Waals surface area contributed by atoms with Gasteiger partial charge in [-0.15, -0.1) is 0 Å². The zero-order valence-electron chi connectivity index (χ0n) is 10.6. The Morgan fingerprint density at radius 1 is 1.41 bits per heavy atom. The number of nitrogens with one attached hydrogen (secondary N) is 1. The van der Waals surface area contributed by atoms with E-state index in [4.69, 9.17) is 0 Å². The number of carbonyl (C=O) groups excluding carboxylic acids is 1. The summed E-state index contributed by atoms with van der Waals surface area (Å²) in [4.78, 5) is 13.5. The standard InChI is InChI=1S/C13H20N2O2/c1-10(2)14-13(17)8-15(3)12-7-5-4-6-11(12)9-16/h4-7,10,16H,8-9H2,1-3H3,(H,14,17). The first-order valence-electron chi connectivity index (χ1n) is 5.74. The molecule has 0 aliphatic carbocycles. The van der Waals surface area contributed by atoms with Crippen molar-refractivity contribution in [2.45, 2.75) is 26.5 Å². The zero-order valence-corrected chi connectivity index (χ0v) is 10.6. The molecule has 1 amide bonds. The lowest BCUT2D eigenvalue weighted by molar-refractivity contribution is -0.120. The van der Waals surface area contributed by atoms with Gasteiger partial charge in [0.2, 0.25) is 5.91 Å². The number of anilines is 1. The highest BCUT2D eigenvalue weighted by Crippen LogP contribution is 2.18. The van der Waals surface area contributed by atoms with Gasteiger partial charge in [0.05, 0.1) is 13.2 Å². The van der Waals surface area contributed by atoms with E-state index in [9.17, 15) is 9.90 Å². The highest BCUT2D eigenvalue weighted by atomic mass is 16.3. The Morgan fingerprint density at radius 3 is 2.65 bits per heavy atom. The second-order valence-electron chi connectivity index (χ2n) is 4.37. The summed E-state index contributed by atoms with van der Waals surface area (Å²) in [6, 6.07) is 7.66. The van der Waals surface area contributed by atoms with Gasteiger partial charge in [0.25, 0.3) is 0 Å². The molecule has 17 heavy (non-hydrogen) atoms. The average molecular weight is 236 g/mol. The fourth-order valence-electron chi connectivity index (χ4n) is 1.69. The molecule has 0 aliphatic rings. The molecule has 0 saturated carbocycles. The summed E-state index contributed by atoms with van der Waals surface area (Å²) in [6.45, 7) is 4.13. The molecule has 0 aromatic heterocycles. The van der Waals surface area contributed by atoms with E-state index in [2.05, 4.69) is 5.32 Å². The summed E-state index contributed by atoms with van der Waals surface area (Å²) < 4.78 is 0. The van der Waals surface area contributed by atoms with Crippen LogP contribution in [0, 0.1) is 0 Å². The van der Waals surface area contributed by atoms with Gasteiger partial charge >= 0.3 is 0 Å². The Balaban J connectivity index is 2.69. The number of amides is 1. The number of nitrogens with zero attached hydrogens (tertiary/aromatic N) is 1. The third-order valence-electron chi connectivity index (χ3n) is 2.40. The maximum atomic E-state index is 11.6. The number of hydrogen-bond donors (Lipinski definition) is 2. The van der Waals surface area contributed by atoms with Gasteiger partial charge in [-0.05, 0) is 19.9 Å². The lowest BCUT2D eigenvalue weighted by atomic mass is 10.1. The monoisotopic (exact) mass is 236 g/mol. The van der Waals surface area contributed by atoms with E-state index in [0.717, 1.165) is 11.3 Å². The molecular formula is C13H20N2O2. The Kier molecular flexibility index (Phi) is 4.97. The fraction of sp³-hybridized carbons (Fsp3) is 0.462. The molecule has 0 fully saturated rings. The number of hydrogen-bond acceptors (Lipinski definition) is 3. The van der Waals surface area contributed by atoms with E-state index in [0.29, 0.717) is 0 Å². The van der Waals surface area contributed by atoms with Crippen molar-refractivity contribution in [2.75, 3.05) is 18.5 Å². The molecule has 4 heteroatoms. The minimum atomic E-state index is -0.0215. The largest absolute Gasteiger partial charge is 0.392 e. The topological polar surface area (TPSA) is 52.6 Å². The van der Waals surface area contributed by atoms with Gasteiger partial charge in [-0.2, -0.15) is 0 Å². The fourth-order valence-corrected chi connectivity index (χ4v) is 1.69. The quantitative estimate of drug-likeness (QED) is 0.806. The van der Waals surface area contributed by atoms with E-state index >= 15 is 0 Å². The lowest BCUT2D eigenvalue weighted by Crippen LogP contribution is -2.38. The van der Waals surface area contributed by atoms with Crippen LogP contribution in [-0.4, -0.2) is 30.6 Å². The third kappa shape index (κ3) is 4.07. The minimum absolute atomic E-state index is 0.0183. The molecule has 1 aromatic carbocycles. The summed E-state index contributed by atoms with van der Waals surface area (Å²) in [6.07, 6.45) is 0. The van der Waals surface area contributed by atoms with Crippen molar-refractivity contribution in [3.63, 3.8) is 0 Å². The smallest absolute Gasteiger partial charge is 0.239 e. The Labute approximate surface area is 102 Å². The Hall–Kier alpha value is -1.55. The van der Waals surface area contributed by atoms with Gasteiger partial charge in [0, 0.05) is 24.3 Å². The van der Waals surface area contributed by atoms with Gasteiger partial charge in [-0.3, -0.25) is 4.79 Å². The van der Waals surface area contributed by atoms with Crippen molar-refractivity contribution in [1.29, 1.82) is 0 Å². The zero-order chi connectivity index (χ0) is 12.8. The lowest BCUT2D eigenvalue weighted by Gasteiger charge is -2.22. The second-order valence-corrected chi connectivity index (χ2v) is 4.37. The first-order chi connectivity index (χ1) is 8.04. The van der Waals surface area contributed by atoms with Gasteiger partial charge in [0.1, 0.15) is 0 Å². The molecule has 0 aliphatic heterocycles. The normalized spacial score (nSPS) is 10.4. The number of rotatable bonds is 5. The maximum Gasteiger partial charge on any atom is 0.239 e. The molecular weight excluding hydrogens is 216 g/mol. The van der Waals surface area contributed by atoms with Crippen LogP contribution in [0.25, 0.3) is 0 Å². The maximum absolute atomic E-state index is 11.6. The van der Waals surface area contributed by atoms with Crippen molar-refractivity contribution in [1.82, 2.24) is 5.32 Å². The Morgan fingerprint density at radius 2 is 2.06 bits per heavy atom. The number of benzene rings is 1. The predicted molar refractivity (Wildman–Crippen MR) is 68.9 cm³/mol. The molecule has 0 saturated heterocycles. The van der Waals surface area contributed by atoms with Crippen LogP contribution in [0.5, 0.6) is 0 Å². The van der Waals surface area contributed by atoms with E-state index in [-0.39, 0.29) is 25.1 Å². The SMILES string of the molecule is CC(C)NC(=O)CN(C)c1ccccc1CO. The van der Waals surface area contributed by atoms with Crippen LogP contribution in [0.1, 0.15) is 19.4 Å². The van der Waals surface area contributed by atoms with Crippen LogP contribution >= 0.6 is 0 Å². The van der Waals surface area contributed by atoms with Crippen molar-refractivity contribution in [3.05, 3.63) is 29.8 Å². The summed E-state index contributed by atoms with van der Waals surface area (Å²) in [7, 11) is 1.84. The first kappa shape index (κ1) is 13.5. The average Bonchev–Trinajstić information content (AvgIpc) is 2.27. The van der Waals surface area contributed by atoms with Crippen LogP contribution < -0.4 is 10.2 Å². The molecule has 4 nitrogen and oxygen atoms in total. The van der Waals surface area contributed by atoms with Crippen LogP contribution in [0.4, 0.5) is 5.69 Å². The highest BCUT2D eigenvalue weighted by Gasteiger charge is 2.10. The predicted octanol–water partition coefficient (Wildman–Crippen LogP) is 1.14. The molecule has 1 rings (SSSR count). The number of aliphatic hydroxyl groups excluding tert-OH is 1. The van der Waals surface area contributed by atoms with Crippen LogP contribution in [0.3, 0.4) is 0 Å². The van der Waals surface area contributed by atoms with Crippen molar-refractivity contribution in [2.24, 2.45) is 0 Å². The molecule has 94 valence electrons. The number of carbonyl (C=O) groups is 1. The van der Waals surface area contributed by atoms with E-state index < -0.39 is 0 Å². The van der Waals surface area contributed by atoms with Gasteiger partial charge in [0.15, 0.2) is 0 Å². The van der Waals surface area contributed by atoms with Gasteiger partial charge in [-0.1, -0.05) is 18.2 Å². The molecule has 0 unspecified atom stereocenters. The van der Waals surface area contributed by atoms with E-state index in [1.54, 1.807) is 0 Å². The molecule has 0 heterocycles. The van der Waals surface area contributed by atoms with Crippen LogP contribution in [-0.2, 0) is 11.4 Å². The van der Waals surface area contributed by atoms with Crippen molar-refractivity contribution in [3.8, 4) is 0 Å². The first-order valence-corrected chi connectivity index (χ1v) is 5.74. The van der Waals surface area contributed by atoms with Gasteiger partial charge in [-0.25, -0.2) is 0 Å². The summed E-state index contributed by atoms with van der Waals surface area (Å²) in [5.41, 5.74) is 1.71. The highest BCUT2D eigenvalue weighted by molar-refractivity contribution is 5.81. The molecule has 1 aromatic rings. The van der Waals surface area contributed by atoms with E-state index in [1.165, 1.54) is 0 Å². The van der Waals surface area contributed by atoms with Gasteiger partial charge < -0.3 is 15.3 Å². The summed E-state index contributed by atoms with van der Waals surface area (Å²) in [5, 5.41) is 12.1. The molecule has 0 atom stereocenters. The molecule has 2 N–H and O–H groups in total. The molecule has 0 bridgehead atoms. The van der Waals surface area contributed by atoms with Crippen LogP contribution in [0.15, 0.2) is 24.3 Å². The molecule has 0 radical (unpaired) electrons. The summed E-state index contributed by atoms with van der Waals surface area (Å²) in [5.74, 6) is -0.0183. The second kappa shape index (κ2) is 6.25. The third-order valence-corrected chi connectivity index (χ3v) is 2.40. The number of likely N-dealkylation sites (N-methyl/N-ethyl adjacent to an activating group) is 1. The molecule has 0 spiro atoms. The number of para-hydroxylation sites is 1. The van der Waals surface area contributed by atoms with E-state index in [1.807, 2.05) is 50.1 Å². The number of aliphatic hydroxyl groups is 1. The van der Waals surface area contributed by atoms with Crippen molar-refractivity contribution >= 4 is 11.6 Å². The van der Waals surface area contributed by atoms with Crippen molar-refractivity contribution < 1.29 is 9.90 Å².